The van der Waals surface area contributed by atoms with E-state index in [-0.39, 0.29) is 23.3 Å². The van der Waals surface area contributed by atoms with Gasteiger partial charge in [-0.25, -0.2) is 0 Å². The van der Waals surface area contributed by atoms with Gasteiger partial charge in [-0.2, -0.15) is 0 Å². The number of hydrogen-bond acceptors (Lipinski definition) is 3. The van der Waals surface area contributed by atoms with E-state index < -0.39 is 0 Å². The molecular weight excluding hydrogens is 290 g/mol. The number of allylic oxidation sites excluding steroid dienone is 1. The van der Waals surface area contributed by atoms with Crippen LogP contribution in [0.1, 0.15) is 56.4 Å². The summed E-state index contributed by atoms with van der Waals surface area (Å²) >= 11 is 0. The van der Waals surface area contributed by atoms with Crippen molar-refractivity contribution in [1.82, 2.24) is 0 Å². The molecule has 1 aromatic rings. The lowest BCUT2D eigenvalue weighted by Gasteiger charge is -2.20. The van der Waals surface area contributed by atoms with E-state index in [0.29, 0.717) is 0 Å². The predicted molar refractivity (Wildman–Crippen MR) is 93.1 cm³/mol. The second kappa shape index (κ2) is 11.6. The molecule has 0 amide bonds. The van der Waals surface area contributed by atoms with Gasteiger partial charge in [-0.1, -0.05) is 62.1 Å². The van der Waals surface area contributed by atoms with E-state index in [1.807, 2.05) is 36.4 Å². The third-order valence-electron chi connectivity index (χ3n) is 4.21. The van der Waals surface area contributed by atoms with Crippen LogP contribution in [0.5, 0.6) is 0 Å². The van der Waals surface area contributed by atoms with Gasteiger partial charge < -0.3 is 4.79 Å². The molecular formula is C19H27NO3. The minimum atomic E-state index is -0.329. The van der Waals surface area contributed by atoms with Crippen LogP contribution >= 0.6 is 0 Å². The molecule has 1 rings (SSSR count). The Kier molecular flexibility index (Phi) is 9.60. The van der Waals surface area contributed by atoms with E-state index >= 15 is 0 Å². The molecule has 0 heterocycles. The van der Waals surface area contributed by atoms with Gasteiger partial charge in [0.05, 0.1) is 5.92 Å². The van der Waals surface area contributed by atoms with Crippen molar-refractivity contribution in [1.29, 1.82) is 0 Å². The molecule has 0 aromatic heterocycles. The third-order valence-corrected chi connectivity index (χ3v) is 4.21. The third kappa shape index (κ3) is 7.73. The minimum absolute atomic E-state index is 0.188. The molecule has 0 fully saturated rings. The molecule has 0 saturated carbocycles. The number of benzene rings is 1. The van der Waals surface area contributed by atoms with Crippen LogP contribution < -0.4 is 0 Å². The largest absolute Gasteiger partial charge is 0.303 e. The van der Waals surface area contributed by atoms with Crippen LogP contribution in [0.4, 0.5) is 0 Å². The number of carbonyl (C=O) groups excluding carboxylic acids is 1. The fourth-order valence-electron chi connectivity index (χ4n) is 2.91. The van der Waals surface area contributed by atoms with Crippen LogP contribution in [0.15, 0.2) is 43.0 Å². The Morgan fingerprint density at radius 2 is 1.74 bits per heavy atom. The number of nitro groups is 1. The molecule has 0 N–H and O–H groups in total. The van der Waals surface area contributed by atoms with Crippen molar-refractivity contribution < 1.29 is 9.72 Å². The lowest BCUT2D eigenvalue weighted by atomic mass is 9.83. The highest BCUT2D eigenvalue weighted by Gasteiger charge is 2.27. The molecule has 0 aliphatic heterocycles. The molecule has 0 unspecified atom stereocenters. The standard InChI is InChI=1S/C19H27NO3/c1-2-3-4-5-6-7-9-14-18(16-21)19(15-20(22)23)17-12-10-8-11-13-17/h2,8,10-13,16,18-19H,1,3-7,9,14-15H2/t18-,19+/m0/s1. The van der Waals surface area contributed by atoms with Crippen LogP contribution in [0.3, 0.4) is 0 Å². The van der Waals surface area contributed by atoms with Crippen molar-refractivity contribution in [2.24, 2.45) is 5.92 Å². The average molecular weight is 317 g/mol. The first kappa shape index (κ1) is 19.1. The number of nitrogens with zero attached hydrogens (tertiary/aromatic N) is 1. The molecule has 0 radical (unpaired) electrons. The highest BCUT2D eigenvalue weighted by atomic mass is 16.6. The Balaban J connectivity index is 2.51. The van der Waals surface area contributed by atoms with Gasteiger partial charge in [0.1, 0.15) is 6.29 Å². The lowest BCUT2D eigenvalue weighted by molar-refractivity contribution is -0.484. The van der Waals surface area contributed by atoms with E-state index in [1.54, 1.807) is 0 Å². The summed E-state index contributed by atoms with van der Waals surface area (Å²) < 4.78 is 0. The fraction of sp³-hybridized carbons (Fsp3) is 0.526. The zero-order valence-corrected chi connectivity index (χ0v) is 13.7. The highest BCUT2D eigenvalue weighted by molar-refractivity contribution is 5.56. The van der Waals surface area contributed by atoms with Crippen LogP contribution in [-0.2, 0) is 4.79 Å². The molecule has 0 saturated heterocycles. The molecule has 0 aliphatic rings. The van der Waals surface area contributed by atoms with Crippen molar-refractivity contribution >= 4 is 6.29 Å². The van der Waals surface area contributed by atoms with Crippen molar-refractivity contribution in [2.45, 2.75) is 50.9 Å². The summed E-state index contributed by atoms with van der Waals surface area (Å²) in [4.78, 5) is 22.1. The summed E-state index contributed by atoms with van der Waals surface area (Å²) in [6.45, 7) is 3.52. The van der Waals surface area contributed by atoms with Crippen molar-refractivity contribution in [3.8, 4) is 0 Å². The van der Waals surface area contributed by atoms with Crippen molar-refractivity contribution in [2.75, 3.05) is 6.54 Å². The summed E-state index contributed by atoms with van der Waals surface area (Å²) in [5.74, 6) is -0.611. The maximum absolute atomic E-state index is 11.5. The summed E-state index contributed by atoms with van der Waals surface area (Å²) in [5.41, 5.74) is 0.882. The van der Waals surface area contributed by atoms with Gasteiger partial charge in [0, 0.05) is 10.8 Å². The summed E-state index contributed by atoms with van der Waals surface area (Å²) in [5, 5.41) is 11.0. The fourth-order valence-corrected chi connectivity index (χ4v) is 2.91. The minimum Gasteiger partial charge on any atom is -0.303 e. The monoisotopic (exact) mass is 317 g/mol. The van der Waals surface area contributed by atoms with Gasteiger partial charge >= 0.3 is 0 Å². The Morgan fingerprint density at radius 1 is 1.09 bits per heavy atom. The molecule has 1 aromatic carbocycles. The van der Waals surface area contributed by atoms with Gasteiger partial charge in [-0.05, 0) is 24.8 Å². The summed E-state index contributed by atoms with van der Waals surface area (Å²) in [6, 6.07) is 9.36. The van der Waals surface area contributed by atoms with E-state index in [1.165, 1.54) is 6.42 Å². The molecule has 0 spiro atoms. The first-order chi connectivity index (χ1) is 11.2. The molecule has 126 valence electrons. The van der Waals surface area contributed by atoms with E-state index in [4.69, 9.17) is 0 Å². The van der Waals surface area contributed by atoms with Crippen molar-refractivity contribution in [3.63, 3.8) is 0 Å². The number of unbranched alkanes of at least 4 members (excludes halogenated alkanes) is 5. The molecule has 0 bridgehead atoms. The number of carbonyl (C=O) groups is 1. The second-order valence-corrected chi connectivity index (χ2v) is 5.97. The molecule has 4 heteroatoms. The Bertz CT molecular complexity index is 473. The van der Waals surface area contributed by atoms with Gasteiger partial charge in [0.15, 0.2) is 0 Å². The molecule has 23 heavy (non-hydrogen) atoms. The SMILES string of the molecule is C=CCCCCCCC[C@@H](C=O)[C@H](C[N+](=O)[O-])c1ccccc1. The first-order valence-corrected chi connectivity index (χ1v) is 8.42. The van der Waals surface area contributed by atoms with E-state index in [2.05, 4.69) is 6.58 Å². The Hall–Kier alpha value is -1.97. The van der Waals surface area contributed by atoms with Gasteiger partial charge in [0.25, 0.3) is 0 Å². The topological polar surface area (TPSA) is 60.2 Å². The van der Waals surface area contributed by atoms with Crippen LogP contribution in [0.2, 0.25) is 0 Å². The number of aldehydes is 1. The highest BCUT2D eigenvalue weighted by Crippen LogP contribution is 2.28. The zero-order valence-electron chi connectivity index (χ0n) is 13.7. The Morgan fingerprint density at radius 3 is 2.35 bits per heavy atom. The second-order valence-electron chi connectivity index (χ2n) is 5.97. The summed E-state index contributed by atoms with van der Waals surface area (Å²) in [6.07, 6.45) is 10.1. The quantitative estimate of drug-likeness (QED) is 0.173. The summed E-state index contributed by atoms with van der Waals surface area (Å²) in [7, 11) is 0. The molecule has 2 atom stereocenters. The number of hydrogen-bond donors (Lipinski definition) is 0. The lowest BCUT2D eigenvalue weighted by Crippen LogP contribution is -2.22. The zero-order chi connectivity index (χ0) is 16.9. The van der Waals surface area contributed by atoms with Crippen molar-refractivity contribution in [3.05, 3.63) is 58.7 Å². The van der Waals surface area contributed by atoms with E-state index in [0.717, 1.165) is 50.4 Å². The van der Waals surface area contributed by atoms with Gasteiger partial charge in [-0.15, -0.1) is 6.58 Å². The normalized spacial score (nSPS) is 13.2. The van der Waals surface area contributed by atoms with Crippen LogP contribution in [0.25, 0.3) is 0 Å². The van der Waals surface area contributed by atoms with Gasteiger partial charge in [0.2, 0.25) is 6.54 Å². The first-order valence-electron chi connectivity index (χ1n) is 8.42. The Labute approximate surface area is 138 Å². The van der Waals surface area contributed by atoms with Crippen LogP contribution in [0, 0.1) is 16.0 Å². The maximum atomic E-state index is 11.5. The molecule has 0 aliphatic carbocycles. The predicted octanol–water partition coefficient (Wildman–Crippen LogP) is 4.78. The number of rotatable bonds is 13. The van der Waals surface area contributed by atoms with Gasteiger partial charge in [-0.3, -0.25) is 10.1 Å². The molecule has 4 nitrogen and oxygen atoms in total. The maximum Gasteiger partial charge on any atom is 0.211 e. The smallest absolute Gasteiger partial charge is 0.211 e. The average Bonchev–Trinajstić information content (AvgIpc) is 2.56. The van der Waals surface area contributed by atoms with E-state index in [9.17, 15) is 14.9 Å². The van der Waals surface area contributed by atoms with Crippen LogP contribution in [-0.4, -0.2) is 17.8 Å².